The summed E-state index contributed by atoms with van der Waals surface area (Å²) in [6, 6.07) is 12.1. The number of rotatable bonds is 11. The van der Waals surface area contributed by atoms with E-state index in [1.54, 1.807) is 6.07 Å². The van der Waals surface area contributed by atoms with Gasteiger partial charge in [0.2, 0.25) is 0 Å². The Balaban J connectivity index is 1.07. The van der Waals surface area contributed by atoms with Crippen molar-refractivity contribution in [1.29, 1.82) is 0 Å². The molecule has 1 amide bonds. The number of Topliss-reactive ketones (excluding diaryl/α,β-unsaturated/α-hetero) is 1. The molecule has 0 fully saturated rings. The Hall–Kier alpha value is -3.45. The van der Waals surface area contributed by atoms with E-state index in [4.69, 9.17) is 9.15 Å². The highest BCUT2D eigenvalue weighted by Crippen LogP contribution is 2.39. The van der Waals surface area contributed by atoms with Crippen molar-refractivity contribution in [3.63, 3.8) is 0 Å². The molecule has 0 saturated heterocycles. The first-order valence-corrected chi connectivity index (χ1v) is 13.8. The van der Waals surface area contributed by atoms with Crippen LogP contribution in [0.25, 0.3) is 11.0 Å². The molecule has 0 radical (unpaired) electrons. The Morgan fingerprint density at radius 2 is 1.82 bits per heavy atom. The lowest BCUT2D eigenvalue weighted by molar-refractivity contribution is -0.120. The minimum atomic E-state index is -0.615. The van der Waals surface area contributed by atoms with Crippen molar-refractivity contribution in [2.45, 2.75) is 58.3 Å². The minimum Gasteiger partial charge on any atom is -0.422 e. The number of amides is 1. The largest absolute Gasteiger partial charge is 0.422 e. The van der Waals surface area contributed by atoms with Gasteiger partial charge >= 0.3 is 5.63 Å². The van der Waals surface area contributed by atoms with E-state index >= 15 is 0 Å². The van der Waals surface area contributed by atoms with E-state index in [9.17, 15) is 14.4 Å². The zero-order valence-corrected chi connectivity index (χ0v) is 22.1. The van der Waals surface area contributed by atoms with Crippen LogP contribution in [0, 0.1) is 6.92 Å². The zero-order chi connectivity index (χ0) is 26.5. The summed E-state index contributed by atoms with van der Waals surface area (Å²) in [5.74, 6) is -0.288. The Bertz CT molecular complexity index is 1370. The van der Waals surface area contributed by atoms with Crippen molar-refractivity contribution in [3.8, 4) is 0 Å². The summed E-state index contributed by atoms with van der Waals surface area (Å²) < 4.78 is 11.2. The van der Waals surface area contributed by atoms with Crippen LogP contribution in [0.3, 0.4) is 0 Å². The van der Waals surface area contributed by atoms with Gasteiger partial charge in [-0.2, -0.15) is 0 Å². The van der Waals surface area contributed by atoms with Gasteiger partial charge in [-0.1, -0.05) is 29.8 Å². The zero-order valence-electron chi connectivity index (χ0n) is 22.1. The van der Waals surface area contributed by atoms with Gasteiger partial charge in [-0.15, -0.1) is 0 Å². The Morgan fingerprint density at radius 1 is 1.03 bits per heavy atom. The third-order valence-electron chi connectivity index (χ3n) is 7.56. The molecule has 5 rings (SSSR count). The number of nitrogens with one attached hydrogen (secondary N) is 1. The molecule has 7 heteroatoms. The number of fused-ring (bicyclic) bond motifs is 2. The second-order valence-electron chi connectivity index (χ2n) is 10.4. The highest BCUT2D eigenvalue weighted by atomic mass is 16.5. The summed E-state index contributed by atoms with van der Waals surface area (Å²) in [7, 11) is 0. The average Bonchev–Trinajstić information content (AvgIpc) is 2.92. The molecular formula is C31H36N2O5. The lowest BCUT2D eigenvalue weighted by Crippen LogP contribution is -2.35. The van der Waals surface area contributed by atoms with Crippen molar-refractivity contribution < 1.29 is 18.7 Å². The van der Waals surface area contributed by atoms with Crippen molar-refractivity contribution in [1.82, 2.24) is 5.32 Å². The van der Waals surface area contributed by atoms with Crippen molar-refractivity contribution in [2.75, 3.05) is 37.7 Å². The van der Waals surface area contributed by atoms with Gasteiger partial charge in [0.1, 0.15) is 16.9 Å². The summed E-state index contributed by atoms with van der Waals surface area (Å²) in [6.45, 7) is 4.99. The van der Waals surface area contributed by atoms with Gasteiger partial charge in [0.05, 0.1) is 13.2 Å². The van der Waals surface area contributed by atoms with Crippen LogP contribution in [0.2, 0.25) is 0 Å². The molecule has 0 spiro atoms. The number of anilines is 1. The fraction of sp³-hybridized carbons (Fsp3) is 0.452. The maximum atomic E-state index is 12.7. The smallest absolute Gasteiger partial charge is 0.349 e. The van der Waals surface area contributed by atoms with Crippen molar-refractivity contribution in [2.24, 2.45) is 0 Å². The van der Waals surface area contributed by atoms with Gasteiger partial charge in [-0.05, 0) is 68.7 Å². The number of ketones is 1. The van der Waals surface area contributed by atoms with E-state index in [-0.39, 0.29) is 24.5 Å². The maximum Gasteiger partial charge on any atom is 0.349 e. The molecule has 0 atom stereocenters. The predicted molar refractivity (Wildman–Crippen MR) is 148 cm³/mol. The first kappa shape index (κ1) is 26.2. The monoisotopic (exact) mass is 516 g/mol. The van der Waals surface area contributed by atoms with Crippen LogP contribution >= 0.6 is 0 Å². The van der Waals surface area contributed by atoms with Crippen LogP contribution in [0.15, 0.2) is 45.6 Å². The van der Waals surface area contributed by atoms with Gasteiger partial charge in [-0.3, -0.25) is 9.59 Å². The molecule has 3 heterocycles. The van der Waals surface area contributed by atoms with E-state index in [0.29, 0.717) is 25.0 Å². The SMILES string of the molecule is Cc1ccc(CCCC(=O)CCOCCNC(=O)c2cc3cc4c5c(c3oc2=O)CCCN5CCC4)cc1. The third kappa shape index (κ3) is 5.99. The number of hydrogen-bond acceptors (Lipinski definition) is 6. The molecule has 0 bridgehead atoms. The number of nitrogens with zero attached hydrogens (tertiary/aromatic N) is 1. The van der Waals surface area contributed by atoms with Crippen LogP contribution in [-0.4, -0.2) is 44.5 Å². The standard InChI is InChI=1S/C31H36N2O5/c1-21-9-11-22(12-10-21)5-2-7-25(34)13-17-37-18-14-32-30(35)27-20-24-19-23-6-3-15-33-16-4-8-26(28(23)33)29(24)38-31(27)36/h9-12,19-20H,2-8,13-18H2,1H3,(H,32,35). The van der Waals surface area contributed by atoms with E-state index in [2.05, 4.69) is 47.5 Å². The van der Waals surface area contributed by atoms with Crippen LogP contribution in [0.5, 0.6) is 0 Å². The Labute approximate surface area is 223 Å². The minimum absolute atomic E-state index is 0.0110. The molecule has 200 valence electrons. The number of carbonyl (C=O) groups excluding carboxylic acids is 2. The fourth-order valence-corrected chi connectivity index (χ4v) is 5.59. The quantitative estimate of drug-likeness (QED) is 0.298. The first-order chi connectivity index (χ1) is 18.5. The van der Waals surface area contributed by atoms with Crippen molar-refractivity contribution in [3.05, 3.63) is 74.6 Å². The van der Waals surface area contributed by atoms with Crippen LogP contribution in [0.1, 0.15) is 64.7 Å². The summed E-state index contributed by atoms with van der Waals surface area (Å²) >= 11 is 0. The summed E-state index contributed by atoms with van der Waals surface area (Å²) in [6.07, 6.45) is 6.66. The summed E-state index contributed by atoms with van der Waals surface area (Å²) in [5.41, 5.74) is 6.10. The maximum absolute atomic E-state index is 12.7. The highest BCUT2D eigenvalue weighted by molar-refractivity contribution is 5.98. The van der Waals surface area contributed by atoms with Crippen LogP contribution < -0.4 is 15.8 Å². The number of benzene rings is 2. The van der Waals surface area contributed by atoms with Crippen molar-refractivity contribution >= 4 is 28.3 Å². The summed E-state index contributed by atoms with van der Waals surface area (Å²) in [4.78, 5) is 39.9. The molecular weight excluding hydrogens is 480 g/mol. The van der Waals surface area contributed by atoms with E-state index in [0.717, 1.165) is 62.6 Å². The van der Waals surface area contributed by atoms with E-state index in [1.807, 2.05) is 0 Å². The normalized spacial score (nSPS) is 14.4. The average molecular weight is 517 g/mol. The first-order valence-electron chi connectivity index (χ1n) is 13.8. The lowest BCUT2D eigenvalue weighted by Gasteiger charge is -2.37. The van der Waals surface area contributed by atoms with Gasteiger partial charge in [0, 0.05) is 49.1 Å². The second kappa shape index (κ2) is 11.9. The molecule has 2 aliphatic heterocycles. The van der Waals surface area contributed by atoms with E-state index in [1.165, 1.54) is 22.4 Å². The molecule has 0 unspecified atom stereocenters. The molecule has 2 aliphatic rings. The number of carbonyl (C=O) groups is 2. The molecule has 0 saturated carbocycles. The van der Waals surface area contributed by atoms with Gasteiger partial charge < -0.3 is 19.4 Å². The third-order valence-corrected chi connectivity index (χ3v) is 7.56. The number of ether oxygens (including phenoxy) is 1. The Morgan fingerprint density at radius 3 is 2.63 bits per heavy atom. The number of hydrogen-bond donors (Lipinski definition) is 1. The van der Waals surface area contributed by atoms with Gasteiger partial charge in [-0.25, -0.2) is 4.79 Å². The molecule has 1 N–H and O–H groups in total. The molecule has 1 aromatic heterocycles. The molecule has 38 heavy (non-hydrogen) atoms. The van der Waals surface area contributed by atoms with Crippen LogP contribution in [-0.2, 0) is 28.8 Å². The highest BCUT2D eigenvalue weighted by Gasteiger charge is 2.27. The van der Waals surface area contributed by atoms with Gasteiger partial charge in [0.25, 0.3) is 5.91 Å². The molecule has 3 aromatic rings. The predicted octanol–water partition coefficient (Wildman–Crippen LogP) is 4.53. The van der Waals surface area contributed by atoms with Gasteiger partial charge in [0.15, 0.2) is 0 Å². The molecule has 7 nitrogen and oxygen atoms in total. The number of aryl methyl sites for hydroxylation is 4. The summed E-state index contributed by atoms with van der Waals surface area (Å²) in [5, 5.41) is 3.55. The fourth-order valence-electron chi connectivity index (χ4n) is 5.59. The van der Waals surface area contributed by atoms with E-state index < -0.39 is 11.5 Å². The Kier molecular flexibility index (Phi) is 8.23. The topological polar surface area (TPSA) is 88.8 Å². The second-order valence-corrected chi connectivity index (χ2v) is 10.4. The molecule has 2 aromatic carbocycles. The molecule has 0 aliphatic carbocycles. The lowest BCUT2D eigenvalue weighted by atomic mass is 9.90. The van der Waals surface area contributed by atoms with Crippen LogP contribution in [0.4, 0.5) is 5.69 Å².